The number of hydrogen-bond acceptors (Lipinski definition) is 13. The van der Waals surface area contributed by atoms with Crippen molar-refractivity contribution in [1.29, 1.82) is 0 Å². The first kappa shape index (κ1) is 30.7. The summed E-state index contributed by atoms with van der Waals surface area (Å²) in [6, 6.07) is -2.48. The molecular weight excluding hydrogens is 504 g/mol. The van der Waals surface area contributed by atoms with Crippen LogP contribution < -0.4 is 5.32 Å². The van der Waals surface area contributed by atoms with Crippen LogP contribution in [0.1, 0.15) is 41.0 Å². The Morgan fingerprint density at radius 3 is 2.14 bits per heavy atom. The Balaban J connectivity index is 3.81. The van der Waals surface area contributed by atoms with E-state index in [0.717, 1.165) is 41.7 Å². The van der Waals surface area contributed by atoms with Crippen LogP contribution in [0.25, 0.3) is 10.4 Å². The molecule has 0 unspecified atom stereocenters. The molecule has 1 amide bonds. The summed E-state index contributed by atoms with van der Waals surface area (Å²) in [5, 5.41) is 5.62. The van der Waals surface area contributed by atoms with Gasteiger partial charge in [0.1, 0.15) is 12.7 Å². The molecule has 0 bridgehead atoms. The molecule has 36 heavy (non-hydrogen) atoms. The number of esters is 4. The van der Waals surface area contributed by atoms with Gasteiger partial charge < -0.3 is 29.0 Å². The number of amides is 1. The largest absolute Gasteiger partial charge is 0.466 e. The van der Waals surface area contributed by atoms with Crippen molar-refractivity contribution in [2.75, 3.05) is 13.7 Å². The Kier molecular flexibility index (Phi) is 11.6. The molecule has 1 rings (SSSR count). The van der Waals surface area contributed by atoms with Crippen molar-refractivity contribution in [3.63, 3.8) is 0 Å². The monoisotopic (exact) mass is 532 g/mol. The van der Waals surface area contributed by atoms with Crippen LogP contribution in [0.3, 0.4) is 0 Å². The highest BCUT2D eigenvalue weighted by molar-refractivity contribution is 8.15. The van der Waals surface area contributed by atoms with Crippen LogP contribution in [0, 0.1) is 0 Å². The minimum absolute atomic E-state index is 0.412. The lowest BCUT2D eigenvalue weighted by atomic mass is 9.88. The SMILES string of the molecule is COC(=O)[C@@]1(SC(C)=O)C[C@H](N=[N+]=[N-])[C@@H](NC(C)=O)[C@H]([C@@H](OC(C)=O)[C@H](COC(C)=O)OC(C)=O)O1. The van der Waals surface area contributed by atoms with Gasteiger partial charge >= 0.3 is 23.9 Å². The van der Waals surface area contributed by atoms with Crippen molar-refractivity contribution in [3.05, 3.63) is 10.4 Å². The lowest BCUT2D eigenvalue weighted by Crippen LogP contribution is -2.67. The number of rotatable bonds is 10. The van der Waals surface area contributed by atoms with Gasteiger partial charge in [0.2, 0.25) is 10.8 Å². The van der Waals surface area contributed by atoms with Crippen LogP contribution in [0.15, 0.2) is 5.11 Å². The van der Waals surface area contributed by atoms with Crippen LogP contribution in [0.5, 0.6) is 0 Å². The van der Waals surface area contributed by atoms with E-state index in [1.165, 1.54) is 0 Å². The fraction of sp³-hybridized carbons (Fsp3) is 0.700. The number of hydrogen-bond donors (Lipinski definition) is 1. The second-order valence-corrected chi connectivity index (χ2v) is 9.09. The Morgan fingerprint density at radius 1 is 1.08 bits per heavy atom. The zero-order chi connectivity index (χ0) is 27.6. The molecule has 6 atom stereocenters. The van der Waals surface area contributed by atoms with Crippen LogP contribution in [0.4, 0.5) is 0 Å². The summed E-state index contributed by atoms with van der Waals surface area (Å²) in [5.74, 6) is -4.13. The van der Waals surface area contributed by atoms with Crippen LogP contribution in [0.2, 0.25) is 0 Å². The maximum atomic E-state index is 12.9. The summed E-state index contributed by atoms with van der Waals surface area (Å²) in [7, 11) is 1.04. The average Bonchev–Trinajstić information content (AvgIpc) is 2.75. The average molecular weight is 533 g/mol. The van der Waals surface area contributed by atoms with Crippen molar-refractivity contribution in [1.82, 2.24) is 5.32 Å². The van der Waals surface area contributed by atoms with Crippen molar-refractivity contribution in [3.8, 4) is 0 Å². The molecule has 1 N–H and O–H groups in total. The first-order valence-electron chi connectivity index (χ1n) is 10.5. The first-order valence-corrected chi connectivity index (χ1v) is 11.3. The number of nitrogens with one attached hydrogen (secondary N) is 1. The van der Waals surface area contributed by atoms with E-state index < -0.39 is 83.3 Å². The molecule has 0 saturated carbocycles. The topological polar surface area (TPSA) is 209 Å². The highest BCUT2D eigenvalue weighted by atomic mass is 32.2. The standard InChI is InChI=1S/C20H28N4O11S/c1-9(25)22-16-14(23-24-21)7-20(19(30)31-6,36-13(5)29)35-18(16)17(34-12(4)28)15(33-11(3)27)8-32-10(2)26/h14-18H,7-8H2,1-6H3,(H,22,25)/t14-,15-,16+,17-,18+,20-/m0/s1. The molecular formula is C20H28N4O11S. The van der Waals surface area contributed by atoms with Crippen molar-refractivity contribution >= 4 is 46.7 Å². The smallest absolute Gasteiger partial charge is 0.349 e. The molecule has 15 nitrogen and oxygen atoms in total. The van der Waals surface area contributed by atoms with Crippen molar-refractivity contribution in [2.24, 2.45) is 5.11 Å². The summed E-state index contributed by atoms with van der Waals surface area (Å²) < 4.78 is 26.4. The number of azide groups is 1. The second-order valence-electron chi connectivity index (χ2n) is 7.65. The summed E-state index contributed by atoms with van der Waals surface area (Å²) in [4.78, 5) is 72.9. The number of ether oxygens (including phenoxy) is 5. The van der Waals surface area contributed by atoms with Gasteiger partial charge in [0, 0.05) is 46.0 Å². The number of carbonyl (C=O) groups is 6. The Hall–Kier alpha value is -3.36. The molecule has 0 aromatic rings. The van der Waals surface area contributed by atoms with Gasteiger partial charge in [-0.25, -0.2) is 4.79 Å². The van der Waals surface area contributed by atoms with Crippen molar-refractivity contribution in [2.45, 2.75) is 76.4 Å². The van der Waals surface area contributed by atoms with Gasteiger partial charge in [0.05, 0.1) is 19.2 Å². The van der Waals surface area contributed by atoms with E-state index in [1.807, 2.05) is 0 Å². The summed E-state index contributed by atoms with van der Waals surface area (Å²) in [6.45, 7) is 4.87. The third kappa shape index (κ3) is 8.70. The predicted molar refractivity (Wildman–Crippen MR) is 121 cm³/mol. The maximum absolute atomic E-state index is 12.9. The zero-order valence-corrected chi connectivity index (χ0v) is 21.4. The minimum atomic E-state index is -2.10. The third-order valence-corrected chi connectivity index (χ3v) is 5.75. The van der Waals surface area contributed by atoms with E-state index in [0.29, 0.717) is 11.8 Å². The van der Waals surface area contributed by atoms with Crippen LogP contribution >= 0.6 is 11.8 Å². The van der Waals surface area contributed by atoms with E-state index in [1.54, 1.807) is 0 Å². The third-order valence-electron chi connectivity index (χ3n) is 4.71. The van der Waals surface area contributed by atoms with Gasteiger partial charge in [-0.1, -0.05) is 5.11 Å². The van der Waals surface area contributed by atoms with E-state index in [-0.39, 0.29) is 0 Å². The predicted octanol–water partition coefficient (Wildman–Crippen LogP) is 0.534. The zero-order valence-electron chi connectivity index (χ0n) is 20.5. The number of nitrogens with zero attached hydrogens (tertiary/aromatic N) is 3. The van der Waals surface area contributed by atoms with E-state index in [9.17, 15) is 28.8 Å². The second kappa shape index (κ2) is 13.7. The fourth-order valence-corrected chi connectivity index (χ4v) is 4.65. The Labute approximate surface area is 210 Å². The quantitative estimate of drug-likeness (QED) is 0.134. The highest BCUT2D eigenvalue weighted by Gasteiger charge is 2.58. The molecule has 0 aromatic heterocycles. The normalized spacial score (nSPS) is 24.7. The summed E-state index contributed by atoms with van der Waals surface area (Å²) in [6.07, 6.45) is -5.08. The molecule has 0 radical (unpaired) electrons. The first-order chi connectivity index (χ1) is 16.8. The maximum Gasteiger partial charge on any atom is 0.349 e. The molecule has 0 aliphatic carbocycles. The Morgan fingerprint density at radius 2 is 1.69 bits per heavy atom. The van der Waals surface area contributed by atoms with Gasteiger partial charge in [-0.05, 0) is 17.3 Å². The lowest BCUT2D eigenvalue weighted by molar-refractivity contribution is -0.211. The van der Waals surface area contributed by atoms with Crippen LogP contribution in [-0.2, 0) is 52.5 Å². The molecule has 0 aromatic carbocycles. The summed E-state index contributed by atoms with van der Waals surface area (Å²) in [5.41, 5.74) is 9.16. The molecule has 1 heterocycles. The van der Waals surface area contributed by atoms with Gasteiger partial charge in [-0.2, -0.15) is 0 Å². The molecule has 1 aliphatic heterocycles. The van der Waals surface area contributed by atoms with Crippen molar-refractivity contribution < 1.29 is 52.5 Å². The van der Waals surface area contributed by atoms with E-state index in [4.69, 9.17) is 29.2 Å². The highest BCUT2D eigenvalue weighted by Crippen LogP contribution is 2.43. The van der Waals surface area contributed by atoms with E-state index in [2.05, 4.69) is 15.3 Å². The molecule has 1 aliphatic rings. The fourth-order valence-electron chi connectivity index (χ4n) is 3.61. The molecule has 1 saturated heterocycles. The van der Waals surface area contributed by atoms with Crippen LogP contribution in [-0.4, -0.2) is 83.9 Å². The number of methoxy groups -OCH3 is 1. The molecule has 1 fully saturated rings. The van der Waals surface area contributed by atoms with Gasteiger partial charge in [-0.3, -0.25) is 24.0 Å². The lowest BCUT2D eigenvalue weighted by Gasteiger charge is -2.47. The molecule has 0 spiro atoms. The van der Waals surface area contributed by atoms with Gasteiger partial charge in [-0.15, -0.1) is 0 Å². The number of thioether (sulfide) groups is 1. The molecule has 200 valence electrons. The minimum Gasteiger partial charge on any atom is -0.466 e. The number of carbonyl (C=O) groups excluding carboxylic acids is 6. The van der Waals surface area contributed by atoms with E-state index >= 15 is 0 Å². The molecule has 16 heteroatoms. The Bertz CT molecular complexity index is 939. The van der Waals surface area contributed by atoms with Gasteiger partial charge in [0.25, 0.3) is 0 Å². The van der Waals surface area contributed by atoms with Gasteiger partial charge in [0.15, 0.2) is 17.3 Å². The summed E-state index contributed by atoms with van der Waals surface area (Å²) >= 11 is 0.425.